The summed E-state index contributed by atoms with van der Waals surface area (Å²) in [6.07, 6.45) is 7.58. The lowest BCUT2D eigenvalue weighted by Gasteiger charge is -2.60. The van der Waals surface area contributed by atoms with Crippen LogP contribution in [0.25, 0.3) is 0 Å². The summed E-state index contributed by atoms with van der Waals surface area (Å²) in [5.74, 6) is 1.39. The molecule has 0 bridgehead atoms. The number of carbonyl (C=O) groups is 3. The van der Waals surface area contributed by atoms with Gasteiger partial charge in [-0.05, 0) is 80.5 Å². The number of ether oxygens (including phenoxy) is 3. The van der Waals surface area contributed by atoms with Crippen LogP contribution in [0.15, 0.2) is 0 Å². The van der Waals surface area contributed by atoms with Crippen LogP contribution in [0.4, 0.5) is 0 Å². The second-order valence-corrected chi connectivity index (χ2v) is 11.1. The Morgan fingerprint density at radius 3 is 2.00 bits per heavy atom. The molecule has 4 aliphatic rings. The minimum Gasteiger partial charge on any atom is -0.463 e. The van der Waals surface area contributed by atoms with Crippen molar-refractivity contribution in [3.8, 4) is 0 Å². The van der Waals surface area contributed by atoms with E-state index in [4.69, 9.17) is 14.2 Å². The van der Waals surface area contributed by atoms with Crippen molar-refractivity contribution >= 4 is 17.9 Å². The van der Waals surface area contributed by atoms with Gasteiger partial charge in [-0.3, -0.25) is 14.4 Å². The monoisotopic (exact) mass is 434 g/mol. The maximum Gasteiger partial charge on any atom is 0.303 e. The molecule has 0 radical (unpaired) electrons. The van der Waals surface area contributed by atoms with Gasteiger partial charge in [0, 0.05) is 26.2 Å². The first-order valence-electron chi connectivity index (χ1n) is 12.1. The molecule has 0 heterocycles. The lowest BCUT2D eigenvalue weighted by Crippen LogP contribution is -2.55. The van der Waals surface area contributed by atoms with Gasteiger partial charge in [0.2, 0.25) is 0 Å². The topological polar surface area (TPSA) is 78.9 Å². The molecule has 9 unspecified atom stereocenters. The van der Waals surface area contributed by atoms with Gasteiger partial charge in [-0.1, -0.05) is 13.8 Å². The maximum atomic E-state index is 11.9. The summed E-state index contributed by atoms with van der Waals surface area (Å²) in [6.45, 7) is 9.10. The van der Waals surface area contributed by atoms with Crippen molar-refractivity contribution in [2.75, 3.05) is 0 Å². The Hall–Kier alpha value is -1.59. The van der Waals surface area contributed by atoms with Crippen LogP contribution >= 0.6 is 0 Å². The molecule has 0 aliphatic heterocycles. The lowest BCUT2D eigenvalue weighted by atomic mass is 9.45. The summed E-state index contributed by atoms with van der Waals surface area (Å²) in [7, 11) is 0. The summed E-state index contributed by atoms with van der Waals surface area (Å²) in [5, 5.41) is 0. The van der Waals surface area contributed by atoms with Gasteiger partial charge in [-0.2, -0.15) is 0 Å². The summed E-state index contributed by atoms with van der Waals surface area (Å²) in [6, 6.07) is 0. The molecular formula is C25H38O6. The van der Waals surface area contributed by atoms with Crippen molar-refractivity contribution in [2.24, 2.45) is 34.5 Å². The molecule has 0 N–H and O–H groups in total. The number of hydrogen-bond acceptors (Lipinski definition) is 6. The van der Waals surface area contributed by atoms with Gasteiger partial charge in [0.05, 0.1) is 0 Å². The molecule has 0 aromatic rings. The molecule has 0 aromatic carbocycles. The van der Waals surface area contributed by atoms with E-state index in [1.54, 1.807) is 0 Å². The number of hydrogen-bond donors (Lipinski definition) is 0. The zero-order chi connectivity index (χ0) is 22.6. The summed E-state index contributed by atoms with van der Waals surface area (Å²) >= 11 is 0. The van der Waals surface area contributed by atoms with Crippen LogP contribution in [0.2, 0.25) is 0 Å². The fraction of sp³-hybridized carbons (Fsp3) is 0.880. The van der Waals surface area contributed by atoms with Crippen molar-refractivity contribution in [3.05, 3.63) is 0 Å². The molecular weight excluding hydrogens is 396 g/mol. The predicted molar refractivity (Wildman–Crippen MR) is 114 cm³/mol. The second kappa shape index (κ2) is 8.08. The van der Waals surface area contributed by atoms with Crippen LogP contribution < -0.4 is 0 Å². The first-order chi connectivity index (χ1) is 14.5. The van der Waals surface area contributed by atoms with Gasteiger partial charge < -0.3 is 14.2 Å². The Bertz CT molecular complexity index is 748. The molecule has 6 heteroatoms. The van der Waals surface area contributed by atoms with Crippen molar-refractivity contribution in [1.29, 1.82) is 0 Å². The molecule has 0 aromatic heterocycles. The number of rotatable bonds is 3. The average Bonchev–Trinajstić information content (AvgIpc) is 2.92. The molecule has 4 saturated carbocycles. The van der Waals surface area contributed by atoms with Crippen LogP contribution in [-0.4, -0.2) is 36.2 Å². The highest BCUT2D eigenvalue weighted by atomic mass is 16.6. The Morgan fingerprint density at radius 1 is 0.710 bits per heavy atom. The largest absolute Gasteiger partial charge is 0.463 e. The number of carbonyl (C=O) groups excluding carboxylic acids is 3. The Balaban J connectivity index is 1.56. The molecule has 9 atom stereocenters. The molecule has 0 amide bonds. The Labute approximate surface area is 185 Å². The van der Waals surface area contributed by atoms with Crippen LogP contribution in [0, 0.1) is 34.5 Å². The highest BCUT2D eigenvalue weighted by Crippen LogP contribution is 2.67. The van der Waals surface area contributed by atoms with Gasteiger partial charge in [-0.15, -0.1) is 0 Å². The molecule has 174 valence electrons. The normalized spacial score (nSPS) is 46.2. The van der Waals surface area contributed by atoms with E-state index in [9.17, 15) is 14.4 Å². The third-order valence-electron chi connectivity index (χ3n) is 9.47. The van der Waals surface area contributed by atoms with E-state index in [0.717, 1.165) is 51.4 Å². The minimum absolute atomic E-state index is 0.0640. The number of fused-ring (bicyclic) bond motifs is 5. The van der Waals surface area contributed by atoms with Crippen molar-refractivity contribution in [1.82, 2.24) is 0 Å². The van der Waals surface area contributed by atoms with Gasteiger partial charge in [-0.25, -0.2) is 0 Å². The molecule has 6 nitrogen and oxygen atoms in total. The minimum atomic E-state index is -0.356. The summed E-state index contributed by atoms with van der Waals surface area (Å²) < 4.78 is 17.0. The molecule has 0 spiro atoms. The quantitative estimate of drug-likeness (QED) is 0.483. The van der Waals surface area contributed by atoms with Crippen LogP contribution in [0.5, 0.6) is 0 Å². The second-order valence-electron chi connectivity index (χ2n) is 11.1. The molecule has 0 saturated heterocycles. The van der Waals surface area contributed by atoms with E-state index in [-0.39, 0.29) is 47.0 Å². The molecule has 4 fully saturated rings. The Morgan fingerprint density at radius 2 is 1.35 bits per heavy atom. The maximum absolute atomic E-state index is 11.9. The van der Waals surface area contributed by atoms with E-state index >= 15 is 0 Å². The van der Waals surface area contributed by atoms with Crippen LogP contribution in [-0.2, 0) is 28.6 Å². The SMILES string of the molecule is CC(=O)OC1CCC2(C)C(CCC3C2CCC2(C)C3CC(OC(C)=O)C2OC(C)=O)C1. The Kier molecular flexibility index (Phi) is 5.89. The summed E-state index contributed by atoms with van der Waals surface area (Å²) in [4.78, 5) is 35.1. The fourth-order valence-electron chi connectivity index (χ4n) is 8.22. The molecule has 4 aliphatic carbocycles. The third kappa shape index (κ3) is 3.89. The highest BCUT2D eigenvalue weighted by molar-refractivity contribution is 5.67. The number of esters is 3. The first-order valence-corrected chi connectivity index (χ1v) is 12.1. The zero-order valence-electron chi connectivity index (χ0n) is 19.6. The van der Waals surface area contributed by atoms with E-state index in [1.807, 2.05) is 0 Å². The van der Waals surface area contributed by atoms with E-state index in [2.05, 4.69) is 13.8 Å². The van der Waals surface area contributed by atoms with Crippen molar-refractivity contribution < 1.29 is 28.6 Å². The van der Waals surface area contributed by atoms with Gasteiger partial charge in [0.25, 0.3) is 0 Å². The van der Waals surface area contributed by atoms with E-state index < -0.39 is 0 Å². The molecule has 31 heavy (non-hydrogen) atoms. The van der Waals surface area contributed by atoms with Gasteiger partial charge in [0.1, 0.15) is 18.3 Å². The van der Waals surface area contributed by atoms with Crippen LogP contribution in [0.3, 0.4) is 0 Å². The fourth-order valence-corrected chi connectivity index (χ4v) is 8.22. The summed E-state index contributed by atoms with van der Waals surface area (Å²) in [5.41, 5.74) is 0.114. The van der Waals surface area contributed by atoms with Gasteiger partial charge in [0.15, 0.2) is 0 Å². The first kappa shape index (κ1) is 22.6. The zero-order valence-corrected chi connectivity index (χ0v) is 19.6. The standard InChI is InChI=1S/C25H38O6/c1-14(26)29-18-8-10-24(4)17(12-18)6-7-19-20(24)9-11-25(5)21(19)13-22(30-15(2)27)23(25)31-16(3)28/h17-23H,6-13H2,1-5H3. The smallest absolute Gasteiger partial charge is 0.303 e. The van der Waals surface area contributed by atoms with Crippen LogP contribution in [0.1, 0.15) is 86.0 Å². The highest BCUT2D eigenvalue weighted by Gasteiger charge is 2.64. The van der Waals surface area contributed by atoms with E-state index in [1.165, 1.54) is 20.8 Å². The van der Waals surface area contributed by atoms with Crippen molar-refractivity contribution in [3.63, 3.8) is 0 Å². The third-order valence-corrected chi connectivity index (χ3v) is 9.47. The predicted octanol–water partition coefficient (Wildman–Crippen LogP) is 4.43. The molecule has 4 rings (SSSR count). The van der Waals surface area contributed by atoms with E-state index in [0.29, 0.717) is 23.7 Å². The average molecular weight is 435 g/mol. The van der Waals surface area contributed by atoms with Gasteiger partial charge >= 0.3 is 17.9 Å². The van der Waals surface area contributed by atoms with Crippen molar-refractivity contribution in [2.45, 2.75) is 104 Å². The lowest BCUT2D eigenvalue weighted by molar-refractivity contribution is -0.177.